The Kier molecular flexibility index (Phi) is 3.84. The van der Waals surface area contributed by atoms with Crippen LogP contribution in [0.2, 0.25) is 0 Å². The highest BCUT2D eigenvalue weighted by Gasteiger charge is 2.31. The van der Waals surface area contributed by atoms with E-state index in [0.717, 1.165) is 12.1 Å². The molecule has 0 aromatic heterocycles. The maximum absolute atomic E-state index is 12.4. The zero-order valence-corrected chi connectivity index (χ0v) is 12.6. The van der Waals surface area contributed by atoms with Crippen LogP contribution >= 0.6 is 0 Å². The van der Waals surface area contributed by atoms with Crippen LogP contribution in [0, 0.1) is 5.41 Å². The van der Waals surface area contributed by atoms with Crippen molar-refractivity contribution >= 4 is 17.5 Å². The van der Waals surface area contributed by atoms with Crippen LogP contribution in [0.3, 0.4) is 0 Å². The largest absolute Gasteiger partial charge is 0.347 e. The summed E-state index contributed by atoms with van der Waals surface area (Å²) in [5.41, 5.74) is 1.68. The zero-order chi connectivity index (χ0) is 14.9. The second-order valence-electron chi connectivity index (χ2n) is 6.38. The number of nitrogens with zero attached hydrogens (tertiary/aromatic N) is 1. The molecule has 1 aliphatic rings. The zero-order valence-electron chi connectivity index (χ0n) is 12.6. The van der Waals surface area contributed by atoms with E-state index in [4.69, 9.17) is 0 Å². The van der Waals surface area contributed by atoms with Crippen molar-refractivity contribution in [2.24, 2.45) is 5.41 Å². The number of carbonyl (C=O) groups is 2. The summed E-state index contributed by atoms with van der Waals surface area (Å²) < 4.78 is 0. The van der Waals surface area contributed by atoms with E-state index in [9.17, 15) is 9.59 Å². The molecular formula is C16H22N2O2. The molecule has 108 valence electrons. The number of amides is 2. The molecule has 20 heavy (non-hydrogen) atoms. The third-order valence-electron chi connectivity index (χ3n) is 3.56. The third kappa shape index (κ3) is 2.84. The molecule has 1 unspecified atom stereocenters. The van der Waals surface area contributed by atoms with Gasteiger partial charge in [-0.1, -0.05) is 39.0 Å². The van der Waals surface area contributed by atoms with E-state index < -0.39 is 5.41 Å². The van der Waals surface area contributed by atoms with Crippen molar-refractivity contribution in [2.75, 3.05) is 11.4 Å². The van der Waals surface area contributed by atoms with Crippen LogP contribution < -0.4 is 10.2 Å². The minimum absolute atomic E-state index is 0.0504. The van der Waals surface area contributed by atoms with Crippen LogP contribution in [-0.4, -0.2) is 24.4 Å². The minimum Gasteiger partial charge on any atom is -0.347 e. The fourth-order valence-electron chi connectivity index (χ4n) is 2.45. The van der Waals surface area contributed by atoms with Crippen LogP contribution in [0.1, 0.15) is 33.3 Å². The lowest BCUT2D eigenvalue weighted by Crippen LogP contribution is -2.45. The van der Waals surface area contributed by atoms with E-state index >= 15 is 0 Å². The number of hydrogen-bond acceptors (Lipinski definition) is 2. The van der Waals surface area contributed by atoms with Crippen molar-refractivity contribution < 1.29 is 9.59 Å². The third-order valence-corrected chi connectivity index (χ3v) is 3.56. The number of fused-ring (bicyclic) bond motifs is 1. The first-order valence-corrected chi connectivity index (χ1v) is 6.99. The predicted octanol–water partition coefficient (Wildman–Crippen LogP) is 2.13. The molecule has 4 heteroatoms. The van der Waals surface area contributed by atoms with Gasteiger partial charge in [-0.15, -0.1) is 0 Å². The lowest BCUT2D eigenvalue weighted by atomic mass is 9.96. The Hall–Kier alpha value is -1.84. The van der Waals surface area contributed by atoms with Gasteiger partial charge < -0.3 is 10.2 Å². The molecule has 0 spiro atoms. The Labute approximate surface area is 120 Å². The van der Waals surface area contributed by atoms with Crippen molar-refractivity contribution in [3.05, 3.63) is 29.8 Å². The quantitative estimate of drug-likeness (QED) is 0.898. The summed E-state index contributed by atoms with van der Waals surface area (Å²) in [5, 5.41) is 2.72. The molecule has 0 radical (unpaired) electrons. The maximum atomic E-state index is 12.4. The monoisotopic (exact) mass is 274 g/mol. The molecule has 2 rings (SSSR count). The molecular weight excluding hydrogens is 252 g/mol. The van der Waals surface area contributed by atoms with Gasteiger partial charge in [-0.3, -0.25) is 9.59 Å². The van der Waals surface area contributed by atoms with Gasteiger partial charge in [0.25, 0.3) is 0 Å². The number of rotatable bonds is 2. The highest BCUT2D eigenvalue weighted by atomic mass is 16.2. The summed E-state index contributed by atoms with van der Waals surface area (Å²) in [6.07, 6.45) is 0.870. The van der Waals surface area contributed by atoms with E-state index in [2.05, 4.69) is 5.32 Å². The number of nitrogens with one attached hydrogen (secondary N) is 1. The van der Waals surface area contributed by atoms with Crippen molar-refractivity contribution in [3.8, 4) is 0 Å². The van der Waals surface area contributed by atoms with Crippen molar-refractivity contribution in [2.45, 2.75) is 40.2 Å². The van der Waals surface area contributed by atoms with E-state index in [-0.39, 0.29) is 24.4 Å². The number of anilines is 1. The average molecular weight is 274 g/mol. The van der Waals surface area contributed by atoms with Gasteiger partial charge in [0.2, 0.25) is 11.8 Å². The number of benzene rings is 1. The molecule has 0 saturated carbocycles. The van der Waals surface area contributed by atoms with Gasteiger partial charge in [0.05, 0.1) is 6.54 Å². The van der Waals surface area contributed by atoms with Crippen LogP contribution in [0.4, 0.5) is 5.69 Å². The SMILES string of the molecule is CC1Cc2ccccc2N1C(=O)CNC(=O)C(C)(C)C. The molecule has 1 atom stereocenters. The van der Waals surface area contributed by atoms with E-state index in [1.165, 1.54) is 5.56 Å². The minimum atomic E-state index is -0.477. The first-order chi connectivity index (χ1) is 9.30. The van der Waals surface area contributed by atoms with Crippen LogP contribution in [0.25, 0.3) is 0 Å². The Bertz CT molecular complexity index is 532. The summed E-state index contributed by atoms with van der Waals surface area (Å²) >= 11 is 0. The molecule has 1 aromatic rings. The number of hydrogen-bond donors (Lipinski definition) is 1. The van der Waals surface area contributed by atoms with Gasteiger partial charge in [-0.05, 0) is 25.0 Å². The Balaban J connectivity index is 2.05. The van der Waals surface area contributed by atoms with Gasteiger partial charge in [0.15, 0.2) is 0 Å². The van der Waals surface area contributed by atoms with Crippen LogP contribution in [0.5, 0.6) is 0 Å². The highest BCUT2D eigenvalue weighted by Crippen LogP contribution is 2.31. The Morgan fingerprint density at radius 2 is 1.95 bits per heavy atom. The Morgan fingerprint density at radius 1 is 1.30 bits per heavy atom. The van der Waals surface area contributed by atoms with E-state index in [1.807, 2.05) is 52.0 Å². The van der Waals surface area contributed by atoms with E-state index in [0.29, 0.717) is 0 Å². The van der Waals surface area contributed by atoms with Crippen molar-refractivity contribution in [3.63, 3.8) is 0 Å². The second kappa shape index (κ2) is 5.27. The molecule has 2 amide bonds. The molecule has 0 bridgehead atoms. The van der Waals surface area contributed by atoms with Gasteiger partial charge in [-0.25, -0.2) is 0 Å². The van der Waals surface area contributed by atoms with Gasteiger partial charge in [0, 0.05) is 17.1 Å². The molecule has 1 aromatic carbocycles. The van der Waals surface area contributed by atoms with Crippen molar-refractivity contribution in [1.82, 2.24) is 5.32 Å². The first kappa shape index (κ1) is 14.6. The van der Waals surface area contributed by atoms with Crippen molar-refractivity contribution in [1.29, 1.82) is 0 Å². The summed E-state index contributed by atoms with van der Waals surface area (Å²) in [4.78, 5) is 26.0. The fraction of sp³-hybridized carbons (Fsp3) is 0.500. The molecule has 0 aliphatic carbocycles. The van der Waals surface area contributed by atoms with Gasteiger partial charge >= 0.3 is 0 Å². The van der Waals surface area contributed by atoms with Crippen LogP contribution in [0.15, 0.2) is 24.3 Å². The molecule has 0 saturated heterocycles. The first-order valence-electron chi connectivity index (χ1n) is 6.99. The van der Waals surface area contributed by atoms with E-state index in [1.54, 1.807) is 4.90 Å². The number of para-hydroxylation sites is 1. The molecule has 4 nitrogen and oxygen atoms in total. The number of carbonyl (C=O) groups excluding carboxylic acids is 2. The second-order valence-corrected chi connectivity index (χ2v) is 6.38. The predicted molar refractivity (Wildman–Crippen MR) is 79.6 cm³/mol. The standard InChI is InChI=1S/C16H22N2O2/c1-11-9-12-7-5-6-8-13(12)18(11)14(19)10-17-15(20)16(2,3)4/h5-8,11H,9-10H2,1-4H3,(H,17,20). The average Bonchev–Trinajstić information content (AvgIpc) is 2.70. The lowest BCUT2D eigenvalue weighted by molar-refractivity contribution is -0.130. The molecule has 1 heterocycles. The topological polar surface area (TPSA) is 49.4 Å². The summed E-state index contributed by atoms with van der Waals surface area (Å²) in [6, 6.07) is 8.08. The summed E-state index contributed by atoms with van der Waals surface area (Å²) in [6.45, 7) is 7.58. The fourth-order valence-corrected chi connectivity index (χ4v) is 2.45. The highest BCUT2D eigenvalue weighted by molar-refractivity contribution is 5.99. The van der Waals surface area contributed by atoms with Gasteiger partial charge in [-0.2, -0.15) is 0 Å². The molecule has 1 aliphatic heterocycles. The molecule has 0 fully saturated rings. The maximum Gasteiger partial charge on any atom is 0.246 e. The summed E-state index contributed by atoms with van der Waals surface area (Å²) in [5.74, 6) is -0.161. The summed E-state index contributed by atoms with van der Waals surface area (Å²) in [7, 11) is 0. The Morgan fingerprint density at radius 3 is 2.60 bits per heavy atom. The normalized spacial score (nSPS) is 17.8. The lowest BCUT2D eigenvalue weighted by Gasteiger charge is -2.24. The molecule has 1 N–H and O–H groups in total. The van der Waals surface area contributed by atoms with Gasteiger partial charge in [0.1, 0.15) is 0 Å². The smallest absolute Gasteiger partial charge is 0.246 e. The van der Waals surface area contributed by atoms with Crippen LogP contribution in [-0.2, 0) is 16.0 Å².